The van der Waals surface area contributed by atoms with Crippen LogP contribution in [0, 0.1) is 0 Å². The number of amides is 1. The van der Waals surface area contributed by atoms with Gasteiger partial charge in [-0.25, -0.2) is 13.2 Å². The highest BCUT2D eigenvalue weighted by atomic mass is 35.5. The summed E-state index contributed by atoms with van der Waals surface area (Å²) in [5.41, 5.74) is 0.139. The number of benzene rings is 1. The maximum absolute atomic E-state index is 12.7. The number of halogens is 1. The molecule has 0 spiro atoms. The van der Waals surface area contributed by atoms with Gasteiger partial charge in [0.15, 0.2) is 27.4 Å². The predicted molar refractivity (Wildman–Crippen MR) is 102 cm³/mol. The van der Waals surface area contributed by atoms with Crippen LogP contribution in [0.3, 0.4) is 0 Å². The van der Waals surface area contributed by atoms with E-state index in [-0.39, 0.29) is 22.1 Å². The summed E-state index contributed by atoms with van der Waals surface area (Å²) in [4.78, 5) is 26.7. The van der Waals surface area contributed by atoms with E-state index in [4.69, 9.17) is 25.8 Å². The second-order valence-corrected chi connectivity index (χ2v) is 9.35. The van der Waals surface area contributed by atoms with Crippen LogP contribution in [0.2, 0.25) is 5.02 Å². The largest absolute Gasteiger partial charge is 0.486 e. The molecule has 0 radical (unpaired) electrons. The topological polar surface area (TPSA) is 99.2 Å². The van der Waals surface area contributed by atoms with Crippen molar-refractivity contribution in [2.75, 3.05) is 31.3 Å². The van der Waals surface area contributed by atoms with Gasteiger partial charge in [0.05, 0.1) is 22.1 Å². The first-order chi connectivity index (χ1) is 13.2. The average molecular weight is 432 g/mol. The molecule has 0 N–H and O–H groups in total. The van der Waals surface area contributed by atoms with Gasteiger partial charge >= 0.3 is 5.97 Å². The van der Waals surface area contributed by atoms with Gasteiger partial charge in [0, 0.05) is 12.6 Å². The minimum atomic E-state index is -3.13. The zero-order chi connectivity index (χ0) is 20.5. The fraction of sp³-hybridized carbons (Fsp3) is 0.556. The summed E-state index contributed by atoms with van der Waals surface area (Å²) in [5.74, 6) is -0.448. The number of nitrogens with zero attached hydrogens (tertiary/aromatic N) is 1. The van der Waals surface area contributed by atoms with E-state index in [2.05, 4.69) is 0 Å². The van der Waals surface area contributed by atoms with Gasteiger partial charge < -0.3 is 19.1 Å². The van der Waals surface area contributed by atoms with Crippen LogP contribution in [0.15, 0.2) is 12.1 Å². The standard InChI is InChI=1S/C18H22ClNO7S/c1-3-20(13-4-7-28(23,24)10-13)17(21)11(2)27-18(22)12-8-14(19)16-15(9-12)25-5-6-26-16/h8-9,11,13H,3-7,10H2,1-2H3. The molecule has 1 saturated heterocycles. The van der Waals surface area contributed by atoms with Gasteiger partial charge in [-0.15, -0.1) is 0 Å². The normalized spacial score (nSPS) is 21.0. The van der Waals surface area contributed by atoms with Gasteiger partial charge in [0.2, 0.25) is 0 Å². The number of hydrogen-bond acceptors (Lipinski definition) is 7. The van der Waals surface area contributed by atoms with Crippen LogP contribution >= 0.6 is 11.6 Å². The molecule has 0 aliphatic carbocycles. The van der Waals surface area contributed by atoms with Crippen molar-refractivity contribution in [1.82, 2.24) is 4.90 Å². The SMILES string of the molecule is CCN(C(=O)C(C)OC(=O)c1cc(Cl)c2c(c1)OCCO2)C1CCS(=O)(=O)C1. The average Bonchev–Trinajstić information content (AvgIpc) is 3.01. The molecule has 1 fully saturated rings. The number of ether oxygens (including phenoxy) is 3. The lowest BCUT2D eigenvalue weighted by molar-refractivity contribution is -0.141. The molecule has 0 bridgehead atoms. The van der Waals surface area contributed by atoms with Crippen molar-refractivity contribution in [3.63, 3.8) is 0 Å². The molecule has 10 heteroatoms. The second-order valence-electron chi connectivity index (χ2n) is 6.71. The Kier molecular flexibility index (Phi) is 6.04. The molecule has 0 saturated carbocycles. The number of carbonyl (C=O) groups is 2. The molecule has 2 atom stereocenters. The zero-order valence-corrected chi connectivity index (χ0v) is 17.2. The minimum Gasteiger partial charge on any atom is -0.486 e. The van der Waals surface area contributed by atoms with Crippen LogP contribution in [0.5, 0.6) is 11.5 Å². The lowest BCUT2D eigenvalue weighted by Gasteiger charge is -2.29. The Hall–Kier alpha value is -2.00. The third-order valence-corrected chi connectivity index (χ3v) is 6.77. The Labute approximate surface area is 168 Å². The van der Waals surface area contributed by atoms with Crippen LogP contribution in [0.4, 0.5) is 0 Å². The number of fused-ring (bicyclic) bond motifs is 1. The highest BCUT2D eigenvalue weighted by molar-refractivity contribution is 7.91. The van der Waals surface area contributed by atoms with Gasteiger partial charge in [-0.05, 0) is 32.4 Å². The summed E-state index contributed by atoms with van der Waals surface area (Å²) in [6.07, 6.45) is -0.678. The Balaban J connectivity index is 1.69. The summed E-state index contributed by atoms with van der Waals surface area (Å²) < 4.78 is 39.6. The van der Waals surface area contributed by atoms with E-state index < -0.39 is 33.9 Å². The van der Waals surface area contributed by atoms with E-state index in [0.29, 0.717) is 37.7 Å². The van der Waals surface area contributed by atoms with Crippen LogP contribution < -0.4 is 9.47 Å². The lowest BCUT2D eigenvalue weighted by atomic mass is 10.2. The monoisotopic (exact) mass is 431 g/mol. The van der Waals surface area contributed by atoms with E-state index in [0.717, 1.165) is 0 Å². The Bertz CT molecular complexity index is 886. The number of hydrogen-bond donors (Lipinski definition) is 0. The van der Waals surface area contributed by atoms with Crippen LogP contribution in [-0.2, 0) is 19.4 Å². The van der Waals surface area contributed by atoms with Gasteiger partial charge in [0.1, 0.15) is 13.2 Å². The Morgan fingerprint density at radius 2 is 2.04 bits per heavy atom. The van der Waals surface area contributed by atoms with Crippen molar-refractivity contribution in [2.45, 2.75) is 32.4 Å². The molecule has 2 aliphatic heterocycles. The number of likely N-dealkylation sites (N-methyl/N-ethyl adjacent to an activating group) is 1. The van der Waals surface area contributed by atoms with Gasteiger partial charge in [-0.2, -0.15) is 0 Å². The smallest absolute Gasteiger partial charge is 0.339 e. The minimum absolute atomic E-state index is 0.0608. The molecule has 2 heterocycles. The molecule has 2 unspecified atom stereocenters. The summed E-state index contributed by atoms with van der Waals surface area (Å²) >= 11 is 6.13. The van der Waals surface area contributed by atoms with Crippen molar-refractivity contribution in [3.8, 4) is 11.5 Å². The third kappa shape index (κ3) is 4.35. The van der Waals surface area contributed by atoms with Gasteiger partial charge in [0.25, 0.3) is 5.91 Å². The molecule has 0 aromatic heterocycles. The predicted octanol–water partition coefficient (Wildman–Crippen LogP) is 1.69. The molecule has 3 rings (SSSR count). The summed E-state index contributed by atoms with van der Waals surface area (Å²) in [6.45, 7) is 4.26. The van der Waals surface area contributed by atoms with Gasteiger partial charge in [-0.3, -0.25) is 4.79 Å². The number of sulfone groups is 1. The molecular formula is C18H22ClNO7S. The molecule has 8 nitrogen and oxygen atoms in total. The summed E-state index contributed by atoms with van der Waals surface area (Å²) in [6, 6.07) is 2.46. The second kappa shape index (κ2) is 8.16. The molecular weight excluding hydrogens is 410 g/mol. The summed E-state index contributed by atoms with van der Waals surface area (Å²) in [5, 5.41) is 0.217. The number of esters is 1. The van der Waals surface area contributed by atoms with Crippen molar-refractivity contribution in [3.05, 3.63) is 22.7 Å². The number of carbonyl (C=O) groups excluding carboxylic acids is 2. The van der Waals surface area contributed by atoms with Crippen LogP contribution in [0.25, 0.3) is 0 Å². The zero-order valence-electron chi connectivity index (χ0n) is 15.6. The molecule has 154 valence electrons. The lowest BCUT2D eigenvalue weighted by Crippen LogP contribution is -2.46. The first-order valence-electron chi connectivity index (χ1n) is 9.03. The van der Waals surface area contributed by atoms with E-state index in [1.54, 1.807) is 6.92 Å². The summed E-state index contributed by atoms with van der Waals surface area (Å²) in [7, 11) is -3.13. The molecule has 1 amide bonds. The highest BCUT2D eigenvalue weighted by Crippen LogP contribution is 2.38. The first-order valence-corrected chi connectivity index (χ1v) is 11.2. The van der Waals surface area contributed by atoms with E-state index >= 15 is 0 Å². The van der Waals surface area contributed by atoms with Crippen molar-refractivity contribution < 1.29 is 32.2 Å². The fourth-order valence-electron chi connectivity index (χ4n) is 3.36. The van der Waals surface area contributed by atoms with Gasteiger partial charge in [-0.1, -0.05) is 11.6 Å². The molecule has 28 heavy (non-hydrogen) atoms. The maximum Gasteiger partial charge on any atom is 0.339 e. The van der Waals surface area contributed by atoms with Crippen LogP contribution in [0.1, 0.15) is 30.6 Å². The number of rotatable bonds is 5. The molecule has 1 aromatic rings. The van der Waals surface area contributed by atoms with Crippen molar-refractivity contribution in [2.24, 2.45) is 0 Å². The fourth-order valence-corrected chi connectivity index (χ4v) is 5.35. The Morgan fingerprint density at radius 3 is 2.68 bits per heavy atom. The van der Waals surface area contributed by atoms with E-state index in [1.807, 2.05) is 0 Å². The Morgan fingerprint density at radius 1 is 1.32 bits per heavy atom. The quantitative estimate of drug-likeness (QED) is 0.654. The maximum atomic E-state index is 12.7. The van der Waals surface area contributed by atoms with Crippen molar-refractivity contribution >= 4 is 33.3 Å². The van der Waals surface area contributed by atoms with E-state index in [1.165, 1.54) is 24.0 Å². The van der Waals surface area contributed by atoms with Crippen LogP contribution in [-0.4, -0.2) is 68.6 Å². The highest BCUT2D eigenvalue weighted by Gasteiger charge is 2.36. The third-order valence-electron chi connectivity index (χ3n) is 4.74. The van der Waals surface area contributed by atoms with Crippen molar-refractivity contribution in [1.29, 1.82) is 0 Å². The van der Waals surface area contributed by atoms with E-state index in [9.17, 15) is 18.0 Å². The first kappa shape index (κ1) is 20.7. The molecule has 2 aliphatic rings. The molecule has 1 aromatic carbocycles.